The Morgan fingerprint density at radius 3 is 2.93 bits per heavy atom. The number of rotatable bonds is 1. The summed E-state index contributed by atoms with van der Waals surface area (Å²) in [6.07, 6.45) is 1.61. The Morgan fingerprint density at radius 2 is 2.14 bits per heavy atom. The predicted octanol–water partition coefficient (Wildman–Crippen LogP) is 0.717. The Bertz CT molecular complexity index is 519. The Kier molecular flexibility index (Phi) is 2.37. The zero-order valence-corrected chi connectivity index (χ0v) is 7.99. The van der Waals surface area contributed by atoms with Gasteiger partial charge >= 0.3 is 5.97 Å². The first kappa shape index (κ1) is 9.02. The minimum Gasteiger partial charge on any atom is -0.477 e. The van der Waals surface area contributed by atoms with Crippen molar-refractivity contribution >= 4 is 22.6 Å². The van der Waals surface area contributed by atoms with Crippen LogP contribution in [-0.2, 0) is 4.79 Å². The highest BCUT2D eigenvalue weighted by atomic mass is 32.2. The molecule has 0 bridgehead atoms. The lowest BCUT2D eigenvalue weighted by Crippen LogP contribution is -2.27. The molecule has 70 valence electrons. The number of hydrogen-bond donors (Lipinski definition) is 1. The van der Waals surface area contributed by atoms with Crippen LogP contribution in [0.5, 0.6) is 0 Å². The van der Waals surface area contributed by atoms with Crippen molar-refractivity contribution in [1.82, 2.24) is 0 Å². The fourth-order valence-electron chi connectivity index (χ4n) is 1.22. The zero-order chi connectivity index (χ0) is 9.97. The summed E-state index contributed by atoms with van der Waals surface area (Å²) in [5.74, 6) is -0.913. The summed E-state index contributed by atoms with van der Waals surface area (Å²) in [7, 11) is 0. The molecule has 1 aromatic rings. The minimum atomic E-state index is -0.913. The number of fused-ring (bicyclic) bond motifs is 1. The molecular weight excluding hydrogens is 198 g/mol. The molecular formula is C10H7NO2S. The molecule has 0 amide bonds. The molecule has 1 aliphatic heterocycles. The summed E-state index contributed by atoms with van der Waals surface area (Å²) in [5, 5.41) is 12.0. The number of carboxylic acids is 1. The van der Waals surface area contributed by atoms with Gasteiger partial charge in [-0.1, -0.05) is 30.0 Å². The van der Waals surface area contributed by atoms with Gasteiger partial charge < -0.3 is 5.11 Å². The summed E-state index contributed by atoms with van der Waals surface area (Å²) in [6.45, 7) is 0. The van der Waals surface area contributed by atoms with Crippen molar-refractivity contribution in [2.45, 2.75) is 0 Å². The van der Waals surface area contributed by atoms with Crippen LogP contribution >= 0.6 is 11.8 Å². The molecule has 1 aromatic carbocycles. The van der Waals surface area contributed by atoms with Gasteiger partial charge in [-0.3, -0.25) is 4.99 Å². The van der Waals surface area contributed by atoms with E-state index < -0.39 is 5.97 Å². The molecule has 0 aliphatic carbocycles. The van der Waals surface area contributed by atoms with E-state index >= 15 is 0 Å². The van der Waals surface area contributed by atoms with Crippen molar-refractivity contribution in [1.29, 1.82) is 0 Å². The molecule has 0 spiro atoms. The number of carbonyl (C=O) groups is 1. The van der Waals surface area contributed by atoms with E-state index in [2.05, 4.69) is 4.99 Å². The summed E-state index contributed by atoms with van der Waals surface area (Å²) < 4.78 is 0. The molecule has 2 rings (SSSR count). The Labute approximate surface area is 84.5 Å². The maximum atomic E-state index is 10.9. The number of hydrogen-bond acceptors (Lipinski definition) is 3. The van der Waals surface area contributed by atoms with Gasteiger partial charge in [0.2, 0.25) is 0 Å². The highest BCUT2D eigenvalue weighted by Gasteiger charge is 2.09. The first-order valence-corrected chi connectivity index (χ1v) is 4.89. The second-order valence-electron chi connectivity index (χ2n) is 2.68. The molecule has 3 nitrogen and oxygen atoms in total. The van der Waals surface area contributed by atoms with Crippen LogP contribution in [-0.4, -0.2) is 11.1 Å². The van der Waals surface area contributed by atoms with Gasteiger partial charge in [-0.2, -0.15) is 0 Å². The smallest absolute Gasteiger partial charge is 0.343 e. The molecule has 1 heterocycles. The van der Waals surface area contributed by atoms with Crippen LogP contribution in [0.2, 0.25) is 0 Å². The van der Waals surface area contributed by atoms with Crippen molar-refractivity contribution in [2.24, 2.45) is 4.99 Å². The third kappa shape index (κ3) is 1.56. The number of benzene rings is 1. The van der Waals surface area contributed by atoms with E-state index in [1.165, 1.54) is 11.8 Å². The molecule has 0 fully saturated rings. The molecule has 0 atom stereocenters. The van der Waals surface area contributed by atoms with Crippen molar-refractivity contribution in [3.8, 4) is 0 Å². The molecule has 1 N–H and O–H groups in total. The van der Waals surface area contributed by atoms with Gasteiger partial charge in [0, 0.05) is 11.4 Å². The summed E-state index contributed by atoms with van der Waals surface area (Å²) in [5.41, 5.74) is 0. The van der Waals surface area contributed by atoms with Gasteiger partial charge in [0.15, 0.2) is 0 Å². The number of carboxylic acid groups (broad SMARTS) is 1. The van der Waals surface area contributed by atoms with Gasteiger partial charge in [0.1, 0.15) is 4.91 Å². The van der Waals surface area contributed by atoms with E-state index in [1.54, 1.807) is 23.7 Å². The zero-order valence-electron chi connectivity index (χ0n) is 7.18. The number of nitrogens with zero attached hydrogens (tertiary/aromatic N) is 1. The van der Waals surface area contributed by atoms with Crippen LogP contribution in [0.4, 0.5) is 0 Å². The van der Waals surface area contributed by atoms with Gasteiger partial charge in [0.05, 0.1) is 5.36 Å². The molecule has 0 unspecified atom stereocenters. The average molecular weight is 205 g/mol. The first-order valence-electron chi connectivity index (χ1n) is 4.01. The molecule has 0 radical (unpaired) electrons. The van der Waals surface area contributed by atoms with Gasteiger partial charge in [-0.25, -0.2) is 4.79 Å². The minimum absolute atomic E-state index is 0.318. The molecule has 0 saturated heterocycles. The van der Waals surface area contributed by atoms with E-state index in [0.29, 0.717) is 15.5 Å². The molecule has 1 aliphatic rings. The van der Waals surface area contributed by atoms with Crippen LogP contribution in [0, 0.1) is 0 Å². The summed E-state index contributed by atoms with van der Waals surface area (Å²) in [6, 6.07) is 7.21. The van der Waals surface area contributed by atoms with Crippen molar-refractivity contribution in [3.63, 3.8) is 0 Å². The van der Waals surface area contributed by atoms with Gasteiger partial charge in [-0.05, 0) is 11.5 Å². The lowest BCUT2D eigenvalue weighted by molar-refractivity contribution is -0.130. The monoisotopic (exact) mass is 205 g/mol. The number of para-hydroxylation sites is 1. The van der Waals surface area contributed by atoms with Gasteiger partial charge in [0.25, 0.3) is 0 Å². The average Bonchev–Trinajstić information content (AvgIpc) is 2.39. The van der Waals surface area contributed by atoms with Crippen LogP contribution in [0.1, 0.15) is 0 Å². The molecule has 0 saturated carbocycles. The highest BCUT2D eigenvalue weighted by molar-refractivity contribution is 8.11. The van der Waals surface area contributed by atoms with E-state index in [1.807, 2.05) is 12.1 Å². The number of aliphatic carboxylic acids is 1. The van der Waals surface area contributed by atoms with Gasteiger partial charge in [-0.15, -0.1) is 0 Å². The van der Waals surface area contributed by atoms with Crippen LogP contribution in [0.15, 0.2) is 40.9 Å². The Hall–Kier alpha value is -1.55. The maximum Gasteiger partial charge on any atom is 0.343 e. The van der Waals surface area contributed by atoms with E-state index in [4.69, 9.17) is 5.11 Å². The Morgan fingerprint density at radius 1 is 1.36 bits per heavy atom. The van der Waals surface area contributed by atoms with Crippen molar-refractivity contribution in [3.05, 3.63) is 46.4 Å². The molecule has 4 heteroatoms. The fraction of sp³-hybridized carbons (Fsp3) is 0. The van der Waals surface area contributed by atoms with E-state index in [0.717, 1.165) is 0 Å². The molecule has 0 aromatic heterocycles. The largest absolute Gasteiger partial charge is 0.477 e. The second kappa shape index (κ2) is 3.67. The van der Waals surface area contributed by atoms with Crippen molar-refractivity contribution < 1.29 is 9.90 Å². The third-order valence-corrected chi connectivity index (χ3v) is 2.69. The fourth-order valence-corrected chi connectivity index (χ4v) is 1.87. The van der Waals surface area contributed by atoms with E-state index in [9.17, 15) is 4.79 Å². The third-order valence-electron chi connectivity index (χ3n) is 1.80. The van der Waals surface area contributed by atoms with Crippen LogP contribution < -0.4 is 10.6 Å². The predicted molar refractivity (Wildman–Crippen MR) is 55.0 cm³/mol. The van der Waals surface area contributed by atoms with Crippen LogP contribution in [0.3, 0.4) is 0 Å². The summed E-state index contributed by atoms with van der Waals surface area (Å²) in [4.78, 5) is 15.4. The Balaban J connectivity index is 2.86. The maximum absolute atomic E-state index is 10.9. The first-order chi connectivity index (χ1) is 6.79. The lowest BCUT2D eigenvalue weighted by Gasteiger charge is -1.95. The highest BCUT2D eigenvalue weighted by Crippen LogP contribution is 2.17. The standard InChI is InChI=1S/C10H7NO2S/c12-10(13)9-7-3-1-2-4-8(7)11-5-6-14-9/h1-6H,(H,12,13). The number of thioether (sulfide) groups is 1. The summed E-state index contributed by atoms with van der Waals surface area (Å²) >= 11 is 1.18. The second-order valence-corrected chi connectivity index (χ2v) is 3.60. The SMILES string of the molecule is O=C(O)C1=c2ccccc2=NC=CS1. The van der Waals surface area contributed by atoms with Crippen LogP contribution in [0.25, 0.3) is 4.91 Å². The normalized spacial score (nSPS) is 14.1. The lowest BCUT2D eigenvalue weighted by atomic mass is 10.2. The molecule has 14 heavy (non-hydrogen) atoms. The van der Waals surface area contributed by atoms with E-state index in [-0.39, 0.29) is 0 Å². The van der Waals surface area contributed by atoms with Crippen molar-refractivity contribution in [2.75, 3.05) is 0 Å². The quantitative estimate of drug-likeness (QED) is 0.734. The topological polar surface area (TPSA) is 49.7 Å².